The number of carbonyl (C=O) groups is 3. The standard InChI is InChI=1S/C26H25F4N3O6/c1-25(2,3)39-24(37)32(4)14-19(21-31-11-12-33(21)23(35)36)15-5-8-17(9-6-15)38-22(34)18-13-16(26(28,29)30)7-10-20(18)27/h5-13,19H,14H2,1-4H3,(H,35,36)/p-1. The van der Waals surface area contributed by atoms with Crippen molar-refractivity contribution in [3.05, 3.63) is 83.2 Å². The molecule has 2 aromatic carbocycles. The number of likely N-dealkylation sites (N-methyl/N-ethyl adjacent to an activating group) is 1. The van der Waals surface area contributed by atoms with Crippen LogP contribution in [0.2, 0.25) is 0 Å². The van der Waals surface area contributed by atoms with Gasteiger partial charge in [-0.2, -0.15) is 13.2 Å². The van der Waals surface area contributed by atoms with Crippen LogP contribution in [0.5, 0.6) is 5.75 Å². The van der Waals surface area contributed by atoms with Gasteiger partial charge >= 0.3 is 18.2 Å². The van der Waals surface area contributed by atoms with Crippen molar-refractivity contribution in [3.8, 4) is 5.75 Å². The molecular weight excluding hydrogens is 526 g/mol. The van der Waals surface area contributed by atoms with Crippen LogP contribution < -0.4 is 9.84 Å². The molecule has 1 heterocycles. The minimum absolute atomic E-state index is 0.0289. The summed E-state index contributed by atoms with van der Waals surface area (Å²) in [6.07, 6.45) is -4.60. The maximum absolute atomic E-state index is 14.1. The van der Waals surface area contributed by atoms with Gasteiger partial charge in [0.05, 0.1) is 17.0 Å². The summed E-state index contributed by atoms with van der Waals surface area (Å²) in [5.74, 6) is -3.45. The first kappa shape index (κ1) is 29.1. The van der Waals surface area contributed by atoms with Crippen LogP contribution in [-0.4, -0.2) is 51.8 Å². The van der Waals surface area contributed by atoms with Crippen LogP contribution in [0.15, 0.2) is 54.9 Å². The Labute approximate surface area is 220 Å². The molecule has 39 heavy (non-hydrogen) atoms. The third-order valence-corrected chi connectivity index (χ3v) is 5.35. The molecule has 0 saturated carbocycles. The van der Waals surface area contributed by atoms with E-state index in [-0.39, 0.29) is 18.1 Å². The van der Waals surface area contributed by atoms with Crippen LogP contribution in [0.3, 0.4) is 0 Å². The Morgan fingerprint density at radius 1 is 1.08 bits per heavy atom. The minimum atomic E-state index is -4.79. The number of halogens is 4. The Bertz CT molecular complexity index is 1360. The van der Waals surface area contributed by atoms with Gasteiger partial charge in [-0.05, 0) is 56.7 Å². The number of carbonyl (C=O) groups excluding carboxylic acids is 3. The topological polar surface area (TPSA) is 114 Å². The zero-order valence-corrected chi connectivity index (χ0v) is 21.3. The Balaban J connectivity index is 1.88. The number of aromatic nitrogens is 2. The fourth-order valence-electron chi connectivity index (χ4n) is 3.54. The zero-order valence-electron chi connectivity index (χ0n) is 21.3. The van der Waals surface area contributed by atoms with Gasteiger partial charge in [-0.15, -0.1) is 0 Å². The van der Waals surface area contributed by atoms with Crippen molar-refractivity contribution in [2.75, 3.05) is 13.6 Å². The molecule has 0 aliphatic carbocycles. The van der Waals surface area contributed by atoms with E-state index in [1.165, 1.54) is 48.6 Å². The fraction of sp³-hybridized carbons (Fsp3) is 0.308. The second-order valence-electron chi connectivity index (χ2n) is 9.49. The predicted molar refractivity (Wildman–Crippen MR) is 127 cm³/mol. The highest BCUT2D eigenvalue weighted by molar-refractivity contribution is 5.91. The first-order chi connectivity index (χ1) is 18.1. The summed E-state index contributed by atoms with van der Waals surface area (Å²) >= 11 is 0. The summed E-state index contributed by atoms with van der Waals surface area (Å²) in [6, 6.07) is 6.82. The Hall–Kier alpha value is -4.42. The highest BCUT2D eigenvalue weighted by Gasteiger charge is 2.32. The molecule has 0 saturated heterocycles. The van der Waals surface area contributed by atoms with Gasteiger partial charge in [0.25, 0.3) is 0 Å². The fourth-order valence-corrected chi connectivity index (χ4v) is 3.54. The second kappa shape index (κ2) is 11.1. The van der Waals surface area contributed by atoms with Crippen molar-refractivity contribution in [2.45, 2.75) is 38.5 Å². The molecule has 9 nitrogen and oxygen atoms in total. The lowest BCUT2D eigenvalue weighted by Crippen LogP contribution is -2.38. The highest BCUT2D eigenvalue weighted by Crippen LogP contribution is 2.31. The number of hydrogen-bond acceptors (Lipinski definition) is 7. The van der Waals surface area contributed by atoms with Crippen LogP contribution >= 0.6 is 0 Å². The van der Waals surface area contributed by atoms with E-state index in [0.29, 0.717) is 23.8 Å². The lowest BCUT2D eigenvalue weighted by molar-refractivity contribution is -0.250. The monoisotopic (exact) mass is 550 g/mol. The average Bonchev–Trinajstić information content (AvgIpc) is 3.31. The average molecular weight is 550 g/mol. The van der Waals surface area contributed by atoms with Crippen molar-refractivity contribution in [1.29, 1.82) is 0 Å². The van der Waals surface area contributed by atoms with Gasteiger partial charge < -0.3 is 24.3 Å². The first-order valence-electron chi connectivity index (χ1n) is 11.4. The molecule has 13 heteroatoms. The summed E-state index contributed by atoms with van der Waals surface area (Å²) in [7, 11) is 1.45. The number of alkyl halides is 3. The Kier molecular flexibility index (Phi) is 8.32. The maximum atomic E-state index is 14.1. The van der Waals surface area contributed by atoms with Gasteiger partial charge in [0.15, 0.2) is 0 Å². The molecule has 208 valence electrons. The van der Waals surface area contributed by atoms with Crippen molar-refractivity contribution in [2.24, 2.45) is 0 Å². The van der Waals surface area contributed by atoms with Gasteiger partial charge in [0.1, 0.15) is 29.1 Å². The van der Waals surface area contributed by atoms with Crippen LogP contribution in [-0.2, 0) is 10.9 Å². The number of benzene rings is 2. The SMILES string of the molecule is CN(CC(c1ccc(OC(=O)c2cc(C(F)(F)F)ccc2F)cc1)c1nccn1C(=O)[O-])C(=O)OC(C)(C)C. The van der Waals surface area contributed by atoms with E-state index in [1.54, 1.807) is 20.8 Å². The van der Waals surface area contributed by atoms with E-state index in [0.717, 1.165) is 4.57 Å². The van der Waals surface area contributed by atoms with Crippen LogP contribution in [0.4, 0.5) is 27.2 Å². The largest absolute Gasteiger partial charge is 0.529 e. The normalized spacial score (nSPS) is 12.5. The molecule has 0 radical (unpaired) electrons. The smallest absolute Gasteiger partial charge is 0.416 e. The summed E-state index contributed by atoms with van der Waals surface area (Å²) < 4.78 is 64.2. The lowest BCUT2D eigenvalue weighted by Gasteiger charge is -2.28. The molecule has 1 amide bonds. The Morgan fingerprint density at radius 3 is 2.28 bits per heavy atom. The molecule has 0 bridgehead atoms. The van der Waals surface area contributed by atoms with Crippen molar-refractivity contribution in [3.63, 3.8) is 0 Å². The zero-order chi connectivity index (χ0) is 29.1. The van der Waals surface area contributed by atoms with E-state index in [2.05, 4.69) is 4.98 Å². The van der Waals surface area contributed by atoms with E-state index < -0.39 is 52.8 Å². The van der Waals surface area contributed by atoms with Gasteiger partial charge in [-0.3, -0.25) is 4.57 Å². The molecule has 1 unspecified atom stereocenters. The third-order valence-electron chi connectivity index (χ3n) is 5.35. The van der Waals surface area contributed by atoms with Crippen molar-refractivity contribution < 1.29 is 46.5 Å². The second-order valence-corrected chi connectivity index (χ2v) is 9.49. The van der Waals surface area contributed by atoms with Gasteiger partial charge in [0.2, 0.25) is 0 Å². The molecule has 0 aliphatic heterocycles. The molecule has 1 atom stereocenters. The van der Waals surface area contributed by atoms with Crippen molar-refractivity contribution >= 4 is 18.2 Å². The van der Waals surface area contributed by atoms with Crippen LogP contribution in [0.25, 0.3) is 0 Å². The number of carboxylic acid groups (broad SMARTS) is 1. The number of nitrogens with zero attached hydrogens (tertiary/aromatic N) is 3. The first-order valence-corrected chi connectivity index (χ1v) is 11.4. The molecule has 3 rings (SSSR count). The molecule has 3 aromatic rings. The third kappa shape index (κ3) is 7.33. The van der Waals surface area contributed by atoms with E-state index in [4.69, 9.17) is 9.47 Å². The Morgan fingerprint density at radius 2 is 1.72 bits per heavy atom. The van der Waals surface area contributed by atoms with Crippen LogP contribution in [0, 0.1) is 5.82 Å². The molecule has 1 aromatic heterocycles. The van der Waals surface area contributed by atoms with Gasteiger partial charge in [0, 0.05) is 26.0 Å². The predicted octanol–water partition coefficient (Wildman–Crippen LogP) is 4.45. The maximum Gasteiger partial charge on any atom is 0.416 e. The lowest BCUT2D eigenvalue weighted by atomic mass is 9.97. The minimum Gasteiger partial charge on any atom is -0.529 e. The molecule has 0 N–H and O–H groups in total. The van der Waals surface area contributed by atoms with E-state index in [9.17, 15) is 37.1 Å². The summed E-state index contributed by atoms with van der Waals surface area (Å²) in [6.45, 7) is 4.98. The quantitative estimate of drug-likeness (QED) is 0.253. The summed E-state index contributed by atoms with van der Waals surface area (Å²) in [5, 5.41) is 11.6. The summed E-state index contributed by atoms with van der Waals surface area (Å²) in [5.41, 5.74) is -2.47. The van der Waals surface area contributed by atoms with E-state index in [1.807, 2.05) is 0 Å². The number of rotatable bonds is 6. The number of hydrogen-bond donors (Lipinski definition) is 0. The van der Waals surface area contributed by atoms with Gasteiger partial charge in [-0.25, -0.2) is 19.0 Å². The van der Waals surface area contributed by atoms with Crippen LogP contribution in [0.1, 0.15) is 54.0 Å². The van der Waals surface area contributed by atoms with E-state index >= 15 is 0 Å². The number of imidazole rings is 1. The van der Waals surface area contributed by atoms with Crippen molar-refractivity contribution in [1.82, 2.24) is 14.5 Å². The number of amides is 1. The number of ether oxygens (including phenoxy) is 2. The molecule has 0 spiro atoms. The highest BCUT2D eigenvalue weighted by atomic mass is 19.4. The number of esters is 1. The molecule has 0 fully saturated rings. The molecule has 0 aliphatic rings. The molecular formula is C26H24F4N3O6-. The van der Waals surface area contributed by atoms with Gasteiger partial charge in [-0.1, -0.05) is 12.1 Å². The summed E-state index contributed by atoms with van der Waals surface area (Å²) in [4.78, 5) is 41.8.